The summed E-state index contributed by atoms with van der Waals surface area (Å²) in [6.07, 6.45) is 0. The van der Waals surface area contributed by atoms with Gasteiger partial charge in [0.2, 0.25) is 11.8 Å². The molecule has 0 atom stereocenters. The Hall–Kier alpha value is -2.37. The third-order valence-electron chi connectivity index (χ3n) is 3.10. The van der Waals surface area contributed by atoms with E-state index in [0.717, 1.165) is 0 Å². The van der Waals surface area contributed by atoms with Crippen molar-refractivity contribution in [2.24, 2.45) is 5.41 Å². The van der Waals surface area contributed by atoms with E-state index in [1.165, 1.54) is 7.11 Å². The first kappa shape index (κ1) is 17.7. The van der Waals surface area contributed by atoms with E-state index in [2.05, 4.69) is 15.4 Å². The van der Waals surface area contributed by atoms with Gasteiger partial charge in [0.1, 0.15) is 0 Å². The Morgan fingerprint density at radius 1 is 1.18 bits per heavy atom. The van der Waals surface area contributed by atoms with E-state index in [0.29, 0.717) is 16.8 Å². The summed E-state index contributed by atoms with van der Waals surface area (Å²) in [7, 11) is 1.30. The van der Waals surface area contributed by atoms with Gasteiger partial charge in [-0.3, -0.25) is 9.59 Å². The van der Waals surface area contributed by atoms with Gasteiger partial charge in [0.15, 0.2) is 0 Å². The van der Waals surface area contributed by atoms with Crippen molar-refractivity contribution in [1.82, 2.24) is 5.32 Å². The van der Waals surface area contributed by atoms with Gasteiger partial charge in [-0.25, -0.2) is 4.79 Å². The van der Waals surface area contributed by atoms with Gasteiger partial charge in [0.25, 0.3) is 0 Å². The minimum atomic E-state index is -0.555. The second-order valence-electron chi connectivity index (χ2n) is 5.95. The Kier molecular flexibility index (Phi) is 5.68. The van der Waals surface area contributed by atoms with Crippen LogP contribution in [0.25, 0.3) is 0 Å². The molecule has 22 heavy (non-hydrogen) atoms. The van der Waals surface area contributed by atoms with Crippen LogP contribution in [0.15, 0.2) is 18.2 Å². The lowest BCUT2D eigenvalue weighted by Crippen LogP contribution is -2.39. The molecule has 0 aliphatic carbocycles. The number of hydrogen-bond acceptors (Lipinski definition) is 4. The molecule has 0 aromatic heterocycles. The van der Waals surface area contributed by atoms with Crippen molar-refractivity contribution in [3.05, 3.63) is 29.3 Å². The van der Waals surface area contributed by atoms with E-state index in [1.807, 2.05) is 0 Å². The third-order valence-corrected chi connectivity index (χ3v) is 3.10. The quantitative estimate of drug-likeness (QED) is 0.832. The summed E-state index contributed by atoms with van der Waals surface area (Å²) in [5.41, 5.74) is 0.961. The van der Waals surface area contributed by atoms with Crippen LogP contribution in [0, 0.1) is 12.3 Å². The SMILES string of the molecule is COC(=O)c1cccc(NC(=O)CNC(=O)C(C)(C)C)c1C. The van der Waals surface area contributed by atoms with Gasteiger partial charge in [-0.1, -0.05) is 26.8 Å². The van der Waals surface area contributed by atoms with Gasteiger partial charge in [-0.05, 0) is 24.6 Å². The molecule has 0 radical (unpaired) electrons. The zero-order valence-electron chi connectivity index (χ0n) is 13.6. The number of hydrogen-bond donors (Lipinski definition) is 2. The molecule has 0 saturated heterocycles. The average molecular weight is 306 g/mol. The van der Waals surface area contributed by atoms with Crippen LogP contribution >= 0.6 is 0 Å². The number of amides is 2. The lowest BCUT2D eigenvalue weighted by atomic mass is 9.96. The van der Waals surface area contributed by atoms with E-state index >= 15 is 0 Å². The van der Waals surface area contributed by atoms with Crippen LogP contribution in [0.4, 0.5) is 5.69 Å². The molecule has 120 valence electrons. The van der Waals surface area contributed by atoms with Crippen molar-refractivity contribution < 1.29 is 19.1 Å². The van der Waals surface area contributed by atoms with E-state index < -0.39 is 11.4 Å². The number of methoxy groups -OCH3 is 1. The Morgan fingerprint density at radius 3 is 2.36 bits per heavy atom. The van der Waals surface area contributed by atoms with E-state index in [4.69, 9.17) is 0 Å². The number of benzene rings is 1. The number of nitrogens with one attached hydrogen (secondary N) is 2. The highest BCUT2D eigenvalue weighted by atomic mass is 16.5. The molecule has 0 fully saturated rings. The van der Waals surface area contributed by atoms with Crippen LogP contribution in [0.3, 0.4) is 0 Å². The molecule has 0 aliphatic rings. The summed E-state index contributed by atoms with van der Waals surface area (Å²) >= 11 is 0. The van der Waals surface area contributed by atoms with E-state index in [1.54, 1.807) is 45.9 Å². The zero-order valence-corrected chi connectivity index (χ0v) is 13.6. The smallest absolute Gasteiger partial charge is 0.338 e. The van der Waals surface area contributed by atoms with Crippen LogP contribution < -0.4 is 10.6 Å². The molecule has 0 saturated carbocycles. The molecule has 2 N–H and O–H groups in total. The van der Waals surface area contributed by atoms with Gasteiger partial charge in [0, 0.05) is 11.1 Å². The fourth-order valence-corrected chi connectivity index (χ4v) is 1.72. The maximum atomic E-state index is 11.9. The number of esters is 1. The van der Waals surface area contributed by atoms with Gasteiger partial charge in [0.05, 0.1) is 19.2 Å². The monoisotopic (exact) mass is 306 g/mol. The molecule has 0 aliphatic heterocycles. The fraction of sp³-hybridized carbons (Fsp3) is 0.438. The normalized spacial score (nSPS) is 10.8. The topological polar surface area (TPSA) is 84.5 Å². The number of anilines is 1. The predicted octanol–water partition coefficient (Wildman–Crippen LogP) is 1.88. The van der Waals surface area contributed by atoms with Gasteiger partial charge in [-0.15, -0.1) is 0 Å². The molecule has 6 heteroatoms. The maximum Gasteiger partial charge on any atom is 0.338 e. The van der Waals surface area contributed by atoms with Crippen molar-refractivity contribution >= 4 is 23.5 Å². The van der Waals surface area contributed by atoms with Gasteiger partial charge >= 0.3 is 5.97 Å². The van der Waals surface area contributed by atoms with Crippen molar-refractivity contribution in [2.45, 2.75) is 27.7 Å². The minimum absolute atomic E-state index is 0.127. The van der Waals surface area contributed by atoms with Crippen LogP contribution in [0.1, 0.15) is 36.7 Å². The van der Waals surface area contributed by atoms with Gasteiger partial charge < -0.3 is 15.4 Å². The van der Waals surface area contributed by atoms with Crippen molar-refractivity contribution in [3.8, 4) is 0 Å². The molecule has 6 nitrogen and oxygen atoms in total. The highest BCUT2D eigenvalue weighted by Gasteiger charge is 2.21. The molecule has 0 bridgehead atoms. The summed E-state index contributed by atoms with van der Waals surface area (Å²) in [5, 5.41) is 5.24. The molecular formula is C16H22N2O4. The Morgan fingerprint density at radius 2 is 1.82 bits per heavy atom. The molecular weight excluding hydrogens is 284 g/mol. The highest BCUT2D eigenvalue weighted by molar-refractivity contribution is 5.98. The molecule has 2 amide bonds. The van der Waals surface area contributed by atoms with E-state index in [-0.39, 0.29) is 18.4 Å². The van der Waals surface area contributed by atoms with Crippen LogP contribution in [-0.2, 0) is 14.3 Å². The zero-order chi connectivity index (χ0) is 16.9. The maximum absolute atomic E-state index is 11.9. The average Bonchev–Trinajstić information content (AvgIpc) is 2.45. The summed E-state index contributed by atoms with van der Waals surface area (Å²) in [5.74, 6) is -1.03. The second-order valence-corrected chi connectivity index (χ2v) is 5.95. The summed E-state index contributed by atoms with van der Waals surface area (Å²) < 4.78 is 4.68. The minimum Gasteiger partial charge on any atom is -0.465 e. The fourth-order valence-electron chi connectivity index (χ4n) is 1.72. The molecule has 0 heterocycles. The number of carbonyl (C=O) groups excluding carboxylic acids is 3. The molecule has 1 rings (SSSR count). The third kappa shape index (κ3) is 4.58. The van der Waals surface area contributed by atoms with Gasteiger partial charge in [-0.2, -0.15) is 0 Å². The first-order valence-corrected chi connectivity index (χ1v) is 6.93. The predicted molar refractivity (Wildman–Crippen MR) is 83.6 cm³/mol. The molecule has 1 aromatic rings. The van der Waals surface area contributed by atoms with Crippen LogP contribution in [-0.4, -0.2) is 31.4 Å². The molecule has 0 unspecified atom stereocenters. The number of ether oxygens (including phenoxy) is 1. The van der Waals surface area contributed by atoms with E-state index in [9.17, 15) is 14.4 Å². The van der Waals surface area contributed by atoms with Crippen molar-refractivity contribution in [1.29, 1.82) is 0 Å². The molecule has 1 aromatic carbocycles. The second kappa shape index (κ2) is 7.06. The Balaban J connectivity index is 2.73. The summed E-state index contributed by atoms with van der Waals surface area (Å²) in [4.78, 5) is 35.2. The number of rotatable bonds is 4. The summed E-state index contributed by atoms with van der Waals surface area (Å²) in [6, 6.07) is 4.96. The number of carbonyl (C=O) groups is 3. The largest absolute Gasteiger partial charge is 0.465 e. The van der Waals surface area contributed by atoms with Crippen molar-refractivity contribution in [3.63, 3.8) is 0 Å². The first-order valence-electron chi connectivity index (χ1n) is 6.93. The first-order chi connectivity index (χ1) is 10.2. The summed E-state index contributed by atoms with van der Waals surface area (Å²) in [6.45, 7) is 6.90. The van der Waals surface area contributed by atoms with Crippen LogP contribution in [0.2, 0.25) is 0 Å². The molecule has 0 spiro atoms. The van der Waals surface area contributed by atoms with Crippen LogP contribution in [0.5, 0.6) is 0 Å². The highest BCUT2D eigenvalue weighted by Crippen LogP contribution is 2.19. The standard InChI is InChI=1S/C16H22N2O4/c1-10-11(14(20)22-5)7-6-8-12(10)18-13(19)9-17-15(21)16(2,3)4/h6-8H,9H2,1-5H3,(H,17,21)(H,18,19). The lowest BCUT2D eigenvalue weighted by Gasteiger charge is -2.17. The lowest BCUT2D eigenvalue weighted by molar-refractivity contribution is -0.130. The Labute approximate surface area is 130 Å². The van der Waals surface area contributed by atoms with Crippen molar-refractivity contribution in [2.75, 3.05) is 19.0 Å². The Bertz CT molecular complexity index is 588.